The molecule has 0 aliphatic carbocycles. The third-order valence-corrected chi connectivity index (χ3v) is 3.86. The zero-order valence-electron chi connectivity index (χ0n) is 11.7. The molecule has 1 aromatic carbocycles. The van der Waals surface area contributed by atoms with Crippen LogP contribution in [0.2, 0.25) is 0 Å². The Morgan fingerprint density at radius 3 is 3.10 bits per heavy atom. The minimum Gasteiger partial charge on any atom is -0.385 e. The lowest BCUT2D eigenvalue weighted by atomic mass is 9.85. The first-order valence-electron chi connectivity index (χ1n) is 7.14. The van der Waals surface area contributed by atoms with Crippen molar-refractivity contribution in [3.63, 3.8) is 0 Å². The molecular formula is C16H19N3O. The van der Waals surface area contributed by atoms with Gasteiger partial charge in [-0.2, -0.15) is 5.10 Å². The second-order valence-corrected chi connectivity index (χ2v) is 5.20. The van der Waals surface area contributed by atoms with Crippen molar-refractivity contribution in [3.05, 3.63) is 47.8 Å². The fourth-order valence-electron chi connectivity index (χ4n) is 2.80. The Balaban J connectivity index is 1.78. The number of ketones is 1. The van der Waals surface area contributed by atoms with Crippen LogP contribution in [0.3, 0.4) is 0 Å². The summed E-state index contributed by atoms with van der Waals surface area (Å²) in [6.45, 7) is 3.74. The molecular weight excluding hydrogens is 250 g/mol. The van der Waals surface area contributed by atoms with Gasteiger partial charge in [0, 0.05) is 37.3 Å². The Bertz CT molecular complexity index is 618. The van der Waals surface area contributed by atoms with Gasteiger partial charge in [0.15, 0.2) is 0 Å². The number of anilines is 1. The predicted molar refractivity (Wildman–Crippen MR) is 78.9 cm³/mol. The van der Waals surface area contributed by atoms with Gasteiger partial charge >= 0.3 is 0 Å². The second-order valence-electron chi connectivity index (χ2n) is 5.20. The van der Waals surface area contributed by atoms with Gasteiger partial charge in [-0.3, -0.25) is 9.48 Å². The number of nitrogens with one attached hydrogen (secondary N) is 1. The number of aromatic nitrogens is 2. The van der Waals surface area contributed by atoms with Crippen molar-refractivity contribution in [1.29, 1.82) is 0 Å². The van der Waals surface area contributed by atoms with Crippen molar-refractivity contribution in [3.8, 4) is 0 Å². The van der Waals surface area contributed by atoms with E-state index in [2.05, 4.69) is 16.5 Å². The Morgan fingerprint density at radius 1 is 1.45 bits per heavy atom. The summed E-state index contributed by atoms with van der Waals surface area (Å²) in [5.41, 5.74) is 3.24. The summed E-state index contributed by atoms with van der Waals surface area (Å²) in [5, 5.41) is 7.59. The van der Waals surface area contributed by atoms with Gasteiger partial charge in [0.1, 0.15) is 5.78 Å². The molecule has 20 heavy (non-hydrogen) atoms. The SMILES string of the molecule is CCn1cc(CC(=O)C2CCNc3ccccc32)cn1. The number of carbonyl (C=O) groups is 1. The number of Topliss-reactive ketones (excluding diaryl/α,β-unsaturated/α-hetero) is 1. The number of hydrogen-bond acceptors (Lipinski definition) is 3. The minimum absolute atomic E-state index is 0.0115. The molecule has 1 N–H and O–H groups in total. The highest BCUT2D eigenvalue weighted by molar-refractivity contribution is 5.89. The van der Waals surface area contributed by atoms with E-state index in [9.17, 15) is 4.79 Å². The highest BCUT2D eigenvalue weighted by atomic mass is 16.1. The molecule has 1 aliphatic heterocycles. The van der Waals surface area contributed by atoms with Crippen LogP contribution in [0.1, 0.15) is 30.4 Å². The van der Waals surface area contributed by atoms with E-state index in [1.807, 2.05) is 36.0 Å². The summed E-state index contributed by atoms with van der Waals surface area (Å²) < 4.78 is 1.86. The lowest BCUT2D eigenvalue weighted by Gasteiger charge is -2.25. The van der Waals surface area contributed by atoms with E-state index < -0.39 is 0 Å². The molecule has 0 spiro atoms. The maximum atomic E-state index is 12.6. The molecule has 2 heterocycles. The quantitative estimate of drug-likeness (QED) is 0.928. The van der Waals surface area contributed by atoms with Crippen molar-refractivity contribution < 1.29 is 4.79 Å². The fourth-order valence-corrected chi connectivity index (χ4v) is 2.80. The van der Waals surface area contributed by atoms with E-state index in [1.54, 1.807) is 6.20 Å². The van der Waals surface area contributed by atoms with Crippen LogP contribution in [-0.2, 0) is 17.8 Å². The van der Waals surface area contributed by atoms with E-state index >= 15 is 0 Å². The van der Waals surface area contributed by atoms with Crippen molar-refractivity contribution in [2.24, 2.45) is 0 Å². The minimum atomic E-state index is 0.0115. The largest absolute Gasteiger partial charge is 0.385 e. The summed E-state index contributed by atoms with van der Waals surface area (Å²) in [4.78, 5) is 12.6. The van der Waals surface area contributed by atoms with Crippen molar-refractivity contribution in [2.45, 2.75) is 32.2 Å². The number of benzene rings is 1. The van der Waals surface area contributed by atoms with Crippen LogP contribution in [0.25, 0.3) is 0 Å². The average Bonchev–Trinajstić information content (AvgIpc) is 2.94. The van der Waals surface area contributed by atoms with Gasteiger partial charge in [0.2, 0.25) is 0 Å². The number of rotatable bonds is 4. The van der Waals surface area contributed by atoms with Gasteiger partial charge in [-0.1, -0.05) is 18.2 Å². The summed E-state index contributed by atoms with van der Waals surface area (Å²) >= 11 is 0. The van der Waals surface area contributed by atoms with Crippen LogP contribution in [-0.4, -0.2) is 22.1 Å². The van der Waals surface area contributed by atoms with Gasteiger partial charge in [-0.15, -0.1) is 0 Å². The number of hydrogen-bond donors (Lipinski definition) is 1. The lowest BCUT2D eigenvalue weighted by molar-refractivity contribution is -0.120. The number of carbonyl (C=O) groups excluding carboxylic acids is 1. The number of aryl methyl sites for hydroxylation is 1. The summed E-state index contributed by atoms with van der Waals surface area (Å²) in [5.74, 6) is 0.298. The van der Waals surface area contributed by atoms with Crippen LogP contribution >= 0.6 is 0 Å². The molecule has 0 bridgehead atoms. The van der Waals surface area contributed by atoms with E-state index in [0.717, 1.165) is 36.3 Å². The molecule has 1 unspecified atom stereocenters. The number of para-hydroxylation sites is 1. The molecule has 1 aliphatic rings. The molecule has 1 aromatic heterocycles. The van der Waals surface area contributed by atoms with Gasteiger partial charge < -0.3 is 5.32 Å². The molecule has 1 atom stereocenters. The van der Waals surface area contributed by atoms with Gasteiger partial charge in [0.05, 0.1) is 6.20 Å². The van der Waals surface area contributed by atoms with Crippen LogP contribution in [0, 0.1) is 0 Å². The Morgan fingerprint density at radius 2 is 2.30 bits per heavy atom. The second kappa shape index (κ2) is 5.49. The zero-order chi connectivity index (χ0) is 13.9. The third-order valence-electron chi connectivity index (χ3n) is 3.86. The van der Waals surface area contributed by atoms with Crippen molar-refractivity contribution >= 4 is 11.5 Å². The molecule has 2 aromatic rings. The Labute approximate surface area is 118 Å². The first-order valence-corrected chi connectivity index (χ1v) is 7.14. The monoisotopic (exact) mass is 269 g/mol. The van der Waals surface area contributed by atoms with E-state index in [4.69, 9.17) is 0 Å². The Kier molecular flexibility index (Phi) is 3.54. The topological polar surface area (TPSA) is 46.9 Å². The molecule has 4 nitrogen and oxygen atoms in total. The van der Waals surface area contributed by atoms with E-state index in [0.29, 0.717) is 6.42 Å². The van der Waals surface area contributed by atoms with Gasteiger partial charge in [-0.05, 0) is 30.5 Å². The summed E-state index contributed by atoms with van der Waals surface area (Å²) in [6.07, 6.45) is 5.11. The molecule has 0 amide bonds. The average molecular weight is 269 g/mol. The van der Waals surface area contributed by atoms with Crippen molar-refractivity contribution in [2.75, 3.05) is 11.9 Å². The van der Waals surface area contributed by atoms with Crippen molar-refractivity contribution in [1.82, 2.24) is 9.78 Å². The highest BCUT2D eigenvalue weighted by Gasteiger charge is 2.26. The van der Waals surface area contributed by atoms with Crippen LogP contribution in [0.5, 0.6) is 0 Å². The molecule has 104 valence electrons. The Hall–Kier alpha value is -2.10. The highest BCUT2D eigenvalue weighted by Crippen LogP contribution is 2.32. The van der Waals surface area contributed by atoms with Crippen LogP contribution in [0.4, 0.5) is 5.69 Å². The third kappa shape index (κ3) is 2.46. The molecule has 0 fully saturated rings. The van der Waals surface area contributed by atoms with E-state index in [1.165, 1.54) is 0 Å². The number of nitrogens with zero attached hydrogens (tertiary/aromatic N) is 2. The summed E-state index contributed by atoms with van der Waals surface area (Å²) in [7, 11) is 0. The first kappa shape index (κ1) is 12.9. The maximum Gasteiger partial charge on any atom is 0.144 e. The standard InChI is InChI=1S/C16H19N3O/c1-2-19-11-12(10-18-19)9-16(20)14-7-8-17-15-6-4-3-5-13(14)15/h3-6,10-11,14,17H,2,7-9H2,1H3. The number of fused-ring (bicyclic) bond motifs is 1. The van der Waals surface area contributed by atoms with Crippen LogP contribution in [0.15, 0.2) is 36.7 Å². The normalized spacial score (nSPS) is 17.4. The molecule has 0 saturated carbocycles. The fraction of sp³-hybridized carbons (Fsp3) is 0.375. The molecule has 4 heteroatoms. The lowest BCUT2D eigenvalue weighted by Crippen LogP contribution is -2.24. The maximum absolute atomic E-state index is 12.6. The van der Waals surface area contributed by atoms with Crippen LogP contribution < -0.4 is 5.32 Å². The van der Waals surface area contributed by atoms with Gasteiger partial charge in [0.25, 0.3) is 0 Å². The van der Waals surface area contributed by atoms with E-state index in [-0.39, 0.29) is 11.7 Å². The van der Waals surface area contributed by atoms with Gasteiger partial charge in [-0.25, -0.2) is 0 Å². The predicted octanol–water partition coefficient (Wildman–Crippen LogP) is 2.61. The zero-order valence-corrected chi connectivity index (χ0v) is 11.7. The smallest absolute Gasteiger partial charge is 0.144 e. The summed E-state index contributed by atoms with van der Waals surface area (Å²) in [6, 6.07) is 8.11. The first-order chi connectivity index (χ1) is 9.78. The molecule has 3 rings (SSSR count). The molecule has 0 saturated heterocycles. The molecule has 0 radical (unpaired) electrons.